The van der Waals surface area contributed by atoms with Crippen molar-refractivity contribution in [3.05, 3.63) is 0 Å². The number of likely N-dealkylation sites (tertiary alicyclic amines) is 2. The molecule has 0 unspecified atom stereocenters. The molecule has 22 heavy (non-hydrogen) atoms. The standard InChI is InChI=1S/C15H28N4O3/c1-11(2)18-8-6-13(9-18)17-14(20)16-12-5-4-7-19(10-12)15(21)22-3/h11-13H,4-10H2,1-3H3,(H2,16,17,20)/t12-,13+/m0/s1. The van der Waals surface area contributed by atoms with Gasteiger partial charge in [-0.25, -0.2) is 9.59 Å². The van der Waals surface area contributed by atoms with Crippen LogP contribution in [0.25, 0.3) is 0 Å². The fourth-order valence-corrected chi connectivity index (χ4v) is 3.18. The smallest absolute Gasteiger partial charge is 0.409 e. The van der Waals surface area contributed by atoms with Gasteiger partial charge < -0.3 is 20.3 Å². The quantitative estimate of drug-likeness (QED) is 0.815. The average molecular weight is 312 g/mol. The Balaban J connectivity index is 1.74. The van der Waals surface area contributed by atoms with Crippen LogP contribution in [0.15, 0.2) is 0 Å². The molecule has 2 atom stereocenters. The van der Waals surface area contributed by atoms with Crippen molar-refractivity contribution < 1.29 is 14.3 Å². The number of hydrogen-bond donors (Lipinski definition) is 2. The number of carbonyl (C=O) groups excluding carboxylic acids is 2. The first kappa shape index (κ1) is 16.9. The van der Waals surface area contributed by atoms with E-state index in [1.807, 2.05) is 0 Å². The maximum absolute atomic E-state index is 12.1. The number of nitrogens with zero attached hydrogens (tertiary/aromatic N) is 2. The summed E-state index contributed by atoms with van der Waals surface area (Å²) in [7, 11) is 1.38. The van der Waals surface area contributed by atoms with Gasteiger partial charge in [-0.1, -0.05) is 0 Å². The lowest BCUT2D eigenvalue weighted by Crippen LogP contribution is -2.53. The number of rotatable bonds is 3. The molecule has 0 spiro atoms. The summed E-state index contributed by atoms with van der Waals surface area (Å²) in [5, 5.41) is 6.02. The van der Waals surface area contributed by atoms with Crippen molar-refractivity contribution in [1.82, 2.24) is 20.4 Å². The Bertz CT molecular complexity index is 402. The summed E-state index contributed by atoms with van der Waals surface area (Å²) in [5.74, 6) is 0. The van der Waals surface area contributed by atoms with E-state index in [0.29, 0.717) is 19.1 Å². The van der Waals surface area contributed by atoms with Gasteiger partial charge in [0.15, 0.2) is 0 Å². The molecule has 0 bridgehead atoms. The topological polar surface area (TPSA) is 73.9 Å². The molecule has 126 valence electrons. The van der Waals surface area contributed by atoms with E-state index in [1.165, 1.54) is 7.11 Å². The number of urea groups is 1. The molecule has 0 saturated carbocycles. The van der Waals surface area contributed by atoms with Crippen molar-refractivity contribution in [1.29, 1.82) is 0 Å². The number of carbonyl (C=O) groups is 2. The summed E-state index contributed by atoms with van der Waals surface area (Å²) < 4.78 is 4.74. The highest BCUT2D eigenvalue weighted by molar-refractivity contribution is 5.75. The van der Waals surface area contributed by atoms with E-state index in [9.17, 15) is 9.59 Å². The maximum atomic E-state index is 12.1. The van der Waals surface area contributed by atoms with Crippen LogP contribution in [0.4, 0.5) is 9.59 Å². The molecule has 2 heterocycles. The first-order chi connectivity index (χ1) is 10.5. The van der Waals surface area contributed by atoms with Crippen molar-refractivity contribution in [3.63, 3.8) is 0 Å². The van der Waals surface area contributed by atoms with Crippen molar-refractivity contribution in [2.75, 3.05) is 33.3 Å². The van der Waals surface area contributed by atoms with E-state index < -0.39 is 0 Å². The molecule has 2 rings (SSSR count). The van der Waals surface area contributed by atoms with Gasteiger partial charge in [0.1, 0.15) is 0 Å². The predicted molar refractivity (Wildman–Crippen MR) is 83.8 cm³/mol. The number of nitrogens with one attached hydrogen (secondary N) is 2. The lowest BCUT2D eigenvalue weighted by atomic mass is 10.1. The van der Waals surface area contributed by atoms with E-state index >= 15 is 0 Å². The maximum Gasteiger partial charge on any atom is 0.409 e. The van der Waals surface area contributed by atoms with Gasteiger partial charge in [-0.2, -0.15) is 0 Å². The van der Waals surface area contributed by atoms with Gasteiger partial charge in [-0.05, 0) is 33.1 Å². The number of methoxy groups -OCH3 is 1. The minimum absolute atomic E-state index is 0.00421. The largest absolute Gasteiger partial charge is 0.453 e. The average Bonchev–Trinajstić information content (AvgIpc) is 2.95. The third-order valence-corrected chi connectivity index (χ3v) is 4.47. The number of hydrogen-bond acceptors (Lipinski definition) is 4. The number of piperidine rings is 1. The molecule has 2 aliphatic rings. The van der Waals surface area contributed by atoms with Crippen LogP contribution in [-0.4, -0.2) is 73.3 Å². The summed E-state index contributed by atoms with van der Waals surface area (Å²) in [4.78, 5) is 27.7. The molecule has 0 aromatic heterocycles. The van der Waals surface area contributed by atoms with Gasteiger partial charge in [0.05, 0.1) is 7.11 Å². The van der Waals surface area contributed by atoms with Gasteiger partial charge in [0.2, 0.25) is 0 Å². The molecule has 2 N–H and O–H groups in total. The molecule has 0 aromatic rings. The highest BCUT2D eigenvalue weighted by Crippen LogP contribution is 2.13. The Morgan fingerprint density at radius 1 is 1.09 bits per heavy atom. The molecule has 2 saturated heterocycles. The van der Waals surface area contributed by atoms with Gasteiger partial charge >= 0.3 is 12.1 Å². The zero-order chi connectivity index (χ0) is 16.1. The normalized spacial score (nSPS) is 26.1. The summed E-state index contributed by atoms with van der Waals surface area (Å²) >= 11 is 0. The lowest BCUT2D eigenvalue weighted by molar-refractivity contribution is 0.108. The molecule has 7 nitrogen and oxygen atoms in total. The van der Waals surface area contributed by atoms with E-state index in [2.05, 4.69) is 29.4 Å². The SMILES string of the molecule is COC(=O)N1CCC[C@H](NC(=O)N[C@@H]2CCN(C(C)C)C2)C1. The van der Waals surface area contributed by atoms with Crippen LogP contribution >= 0.6 is 0 Å². The lowest BCUT2D eigenvalue weighted by Gasteiger charge is -2.32. The predicted octanol–water partition coefficient (Wildman–Crippen LogP) is 0.999. The van der Waals surface area contributed by atoms with Crippen molar-refractivity contribution in [3.8, 4) is 0 Å². The summed E-state index contributed by atoms with van der Waals surface area (Å²) in [6, 6.07) is 0.590. The van der Waals surface area contributed by atoms with Crippen LogP contribution in [0.1, 0.15) is 33.1 Å². The van der Waals surface area contributed by atoms with Crippen LogP contribution in [0, 0.1) is 0 Å². The third-order valence-electron chi connectivity index (χ3n) is 4.47. The molecule has 2 fully saturated rings. The third kappa shape index (κ3) is 4.50. The number of ether oxygens (including phenoxy) is 1. The minimum atomic E-state index is -0.324. The first-order valence-electron chi connectivity index (χ1n) is 8.13. The van der Waals surface area contributed by atoms with Crippen molar-refractivity contribution in [2.45, 2.75) is 51.2 Å². The monoisotopic (exact) mass is 312 g/mol. The molecule has 2 aliphatic heterocycles. The fraction of sp³-hybridized carbons (Fsp3) is 0.867. The first-order valence-corrected chi connectivity index (χ1v) is 8.13. The zero-order valence-corrected chi connectivity index (χ0v) is 13.8. The highest BCUT2D eigenvalue weighted by Gasteiger charge is 2.28. The second-order valence-corrected chi connectivity index (χ2v) is 6.45. The second kappa shape index (κ2) is 7.67. The molecule has 7 heteroatoms. The van der Waals surface area contributed by atoms with Gasteiger partial charge in [0.25, 0.3) is 0 Å². The van der Waals surface area contributed by atoms with E-state index in [4.69, 9.17) is 4.74 Å². The highest BCUT2D eigenvalue weighted by atomic mass is 16.5. The molecule has 0 aromatic carbocycles. The van der Waals surface area contributed by atoms with E-state index in [-0.39, 0.29) is 24.2 Å². The molecular weight excluding hydrogens is 284 g/mol. The Morgan fingerprint density at radius 2 is 1.77 bits per heavy atom. The van der Waals surface area contributed by atoms with Crippen LogP contribution in [0.3, 0.4) is 0 Å². The van der Waals surface area contributed by atoms with E-state index in [0.717, 1.165) is 32.4 Å². The molecule has 3 amide bonds. The van der Waals surface area contributed by atoms with Crippen LogP contribution in [0.5, 0.6) is 0 Å². The summed E-state index contributed by atoms with van der Waals surface area (Å²) in [6.45, 7) is 7.49. The number of amides is 3. The van der Waals surface area contributed by atoms with E-state index in [1.54, 1.807) is 4.90 Å². The molecule has 0 radical (unpaired) electrons. The van der Waals surface area contributed by atoms with Crippen LogP contribution in [-0.2, 0) is 4.74 Å². The summed E-state index contributed by atoms with van der Waals surface area (Å²) in [6.07, 6.45) is 2.44. The van der Waals surface area contributed by atoms with Gasteiger partial charge in [-0.3, -0.25) is 4.90 Å². The minimum Gasteiger partial charge on any atom is -0.453 e. The van der Waals surface area contributed by atoms with Crippen molar-refractivity contribution >= 4 is 12.1 Å². The Hall–Kier alpha value is -1.50. The Kier molecular flexibility index (Phi) is 5.88. The zero-order valence-electron chi connectivity index (χ0n) is 13.8. The van der Waals surface area contributed by atoms with Gasteiger partial charge in [0, 0.05) is 44.3 Å². The second-order valence-electron chi connectivity index (χ2n) is 6.45. The molecule has 0 aliphatic carbocycles. The van der Waals surface area contributed by atoms with Crippen LogP contribution in [0.2, 0.25) is 0 Å². The Labute approximate surface area is 132 Å². The molecular formula is C15H28N4O3. The summed E-state index contributed by atoms with van der Waals surface area (Å²) in [5.41, 5.74) is 0. The fourth-order valence-electron chi connectivity index (χ4n) is 3.18. The van der Waals surface area contributed by atoms with Crippen molar-refractivity contribution in [2.24, 2.45) is 0 Å². The van der Waals surface area contributed by atoms with Crippen LogP contribution < -0.4 is 10.6 Å². The Morgan fingerprint density at radius 3 is 2.36 bits per heavy atom. The van der Waals surface area contributed by atoms with Gasteiger partial charge in [-0.15, -0.1) is 0 Å².